The minimum absolute atomic E-state index is 0.0833. The first-order valence-electron chi connectivity index (χ1n) is 6.47. The fourth-order valence-corrected chi connectivity index (χ4v) is 3.57. The summed E-state index contributed by atoms with van der Waals surface area (Å²) in [5, 5.41) is 3.95. The van der Waals surface area contributed by atoms with Crippen LogP contribution in [0.1, 0.15) is 27.8 Å². The highest BCUT2D eigenvalue weighted by atomic mass is 35.5. The summed E-state index contributed by atoms with van der Waals surface area (Å²) < 4.78 is 19.4. The van der Waals surface area contributed by atoms with Crippen molar-refractivity contribution in [2.75, 3.05) is 12.4 Å². The second kappa shape index (κ2) is 5.66. The first kappa shape index (κ1) is 14.4. The van der Waals surface area contributed by atoms with E-state index in [0.29, 0.717) is 29.8 Å². The number of benzene rings is 1. The topological polar surface area (TPSA) is 38.3 Å². The Morgan fingerprint density at radius 2 is 2.19 bits per heavy atom. The molecule has 1 aromatic carbocycles. The summed E-state index contributed by atoms with van der Waals surface area (Å²) in [6, 6.07) is 4.90. The number of fused-ring (bicyclic) bond motifs is 1. The molecule has 2 heterocycles. The number of methoxy groups -OCH3 is 1. The van der Waals surface area contributed by atoms with E-state index in [2.05, 4.69) is 5.32 Å². The van der Waals surface area contributed by atoms with Crippen LogP contribution in [0.2, 0.25) is 0 Å². The van der Waals surface area contributed by atoms with Crippen molar-refractivity contribution in [1.29, 1.82) is 0 Å². The highest BCUT2D eigenvalue weighted by molar-refractivity contribution is 7.10. The van der Waals surface area contributed by atoms with Gasteiger partial charge in [-0.3, -0.25) is 4.79 Å². The van der Waals surface area contributed by atoms with Crippen LogP contribution in [0.3, 0.4) is 0 Å². The fourth-order valence-electron chi connectivity index (χ4n) is 2.34. The molecule has 1 aliphatic heterocycles. The first-order chi connectivity index (χ1) is 10.1. The quantitative estimate of drug-likeness (QED) is 0.862. The standard InChI is InChI=1S/C15H13ClFNO2S/c1-20-9-5-13(21-7-9)15(16)10-4-8-2-3-14(19)18-12(8)6-11(10)17/h4-7,15H,2-3H2,1H3,(H,18,19). The number of alkyl halides is 1. The van der Waals surface area contributed by atoms with Crippen LogP contribution in [0.15, 0.2) is 23.6 Å². The van der Waals surface area contributed by atoms with Crippen molar-refractivity contribution in [2.24, 2.45) is 0 Å². The number of ether oxygens (including phenoxy) is 1. The van der Waals surface area contributed by atoms with E-state index in [1.807, 2.05) is 11.4 Å². The average Bonchev–Trinajstić information content (AvgIpc) is 2.94. The monoisotopic (exact) mass is 325 g/mol. The Balaban J connectivity index is 1.96. The summed E-state index contributed by atoms with van der Waals surface area (Å²) in [5.74, 6) is 0.217. The van der Waals surface area contributed by atoms with E-state index in [1.54, 1.807) is 13.2 Å². The summed E-state index contributed by atoms with van der Waals surface area (Å²) in [5.41, 5.74) is 1.89. The van der Waals surface area contributed by atoms with Crippen LogP contribution in [0.25, 0.3) is 0 Å². The van der Waals surface area contributed by atoms with Crippen molar-refractivity contribution < 1.29 is 13.9 Å². The minimum Gasteiger partial charge on any atom is -0.496 e. The highest BCUT2D eigenvalue weighted by Gasteiger charge is 2.22. The molecule has 110 valence electrons. The molecule has 0 aliphatic carbocycles. The fraction of sp³-hybridized carbons (Fsp3) is 0.267. The van der Waals surface area contributed by atoms with Gasteiger partial charge in [-0.25, -0.2) is 4.39 Å². The number of nitrogens with one attached hydrogen (secondary N) is 1. The second-order valence-electron chi connectivity index (χ2n) is 4.83. The maximum absolute atomic E-state index is 14.3. The zero-order valence-corrected chi connectivity index (χ0v) is 12.9. The molecular formula is C15H13ClFNO2S. The van der Waals surface area contributed by atoms with E-state index >= 15 is 0 Å². The highest BCUT2D eigenvalue weighted by Crippen LogP contribution is 2.38. The van der Waals surface area contributed by atoms with Crippen LogP contribution in [-0.2, 0) is 11.2 Å². The third-order valence-corrected chi connectivity index (χ3v) is 5.05. The smallest absolute Gasteiger partial charge is 0.224 e. The number of halogens is 2. The summed E-state index contributed by atoms with van der Waals surface area (Å²) in [7, 11) is 1.58. The van der Waals surface area contributed by atoms with Crippen LogP contribution >= 0.6 is 22.9 Å². The number of amides is 1. The van der Waals surface area contributed by atoms with Gasteiger partial charge in [0.15, 0.2) is 0 Å². The van der Waals surface area contributed by atoms with E-state index < -0.39 is 11.2 Å². The van der Waals surface area contributed by atoms with Gasteiger partial charge in [-0.1, -0.05) is 0 Å². The lowest BCUT2D eigenvalue weighted by Crippen LogP contribution is -2.19. The zero-order valence-electron chi connectivity index (χ0n) is 11.3. The van der Waals surface area contributed by atoms with Gasteiger partial charge in [0.05, 0.1) is 12.5 Å². The average molecular weight is 326 g/mol. The second-order valence-corrected chi connectivity index (χ2v) is 6.21. The molecule has 1 atom stereocenters. The third-order valence-electron chi connectivity index (χ3n) is 3.47. The van der Waals surface area contributed by atoms with Gasteiger partial charge in [-0.05, 0) is 30.2 Å². The van der Waals surface area contributed by atoms with E-state index in [1.165, 1.54) is 17.4 Å². The lowest BCUT2D eigenvalue weighted by atomic mass is 9.98. The Labute approximate surface area is 130 Å². The summed E-state index contributed by atoms with van der Waals surface area (Å²) >= 11 is 7.84. The molecule has 6 heteroatoms. The number of carbonyl (C=O) groups excluding carboxylic acids is 1. The number of anilines is 1. The van der Waals surface area contributed by atoms with E-state index in [4.69, 9.17) is 16.3 Å². The molecule has 0 radical (unpaired) electrons. The molecule has 0 fully saturated rings. The molecule has 21 heavy (non-hydrogen) atoms. The molecule has 1 amide bonds. The molecule has 0 bridgehead atoms. The molecule has 1 unspecified atom stereocenters. The maximum Gasteiger partial charge on any atom is 0.224 e. The number of rotatable bonds is 3. The minimum atomic E-state index is -0.568. The summed E-state index contributed by atoms with van der Waals surface area (Å²) in [6.45, 7) is 0. The molecule has 3 rings (SSSR count). The van der Waals surface area contributed by atoms with Gasteiger partial charge in [0, 0.05) is 27.9 Å². The Kier molecular flexibility index (Phi) is 3.87. The molecular weight excluding hydrogens is 313 g/mol. The van der Waals surface area contributed by atoms with Crippen molar-refractivity contribution in [3.63, 3.8) is 0 Å². The Bertz CT molecular complexity index is 701. The van der Waals surface area contributed by atoms with Crippen LogP contribution in [0.4, 0.5) is 10.1 Å². The zero-order chi connectivity index (χ0) is 15.0. The van der Waals surface area contributed by atoms with E-state index in [9.17, 15) is 9.18 Å². The molecule has 0 saturated carbocycles. The van der Waals surface area contributed by atoms with Gasteiger partial charge in [-0.15, -0.1) is 22.9 Å². The molecule has 3 nitrogen and oxygen atoms in total. The molecule has 0 saturated heterocycles. The predicted octanol–water partition coefficient (Wildman–Crippen LogP) is 4.11. The van der Waals surface area contributed by atoms with Crippen molar-refractivity contribution in [1.82, 2.24) is 0 Å². The largest absolute Gasteiger partial charge is 0.496 e. The number of hydrogen-bond acceptors (Lipinski definition) is 3. The van der Waals surface area contributed by atoms with Gasteiger partial charge in [0.25, 0.3) is 0 Å². The normalized spacial score (nSPS) is 15.3. The molecule has 1 aromatic heterocycles. The van der Waals surface area contributed by atoms with Gasteiger partial charge < -0.3 is 10.1 Å². The SMILES string of the molecule is COc1csc(C(Cl)c2cc3c(cc2F)NC(=O)CC3)c1. The third kappa shape index (κ3) is 2.76. The van der Waals surface area contributed by atoms with Crippen molar-refractivity contribution in [3.05, 3.63) is 45.4 Å². The van der Waals surface area contributed by atoms with Crippen molar-refractivity contribution in [2.45, 2.75) is 18.2 Å². The first-order valence-corrected chi connectivity index (χ1v) is 7.78. The van der Waals surface area contributed by atoms with Gasteiger partial charge in [-0.2, -0.15) is 0 Å². The number of thiophene rings is 1. The van der Waals surface area contributed by atoms with Gasteiger partial charge in [0.1, 0.15) is 11.6 Å². The number of carbonyl (C=O) groups is 1. The van der Waals surface area contributed by atoms with Crippen LogP contribution in [0, 0.1) is 5.82 Å². The number of hydrogen-bond donors (Lipinski definition) is 1. The maximum atomic E-state index is 14.3. The molecule has 0 spiro atoms. The van der Waals surface area contributed by atoms with Crippen molar-refractivity contribution in [3.8, 4) is 5.75 Å². The van der Waals surface area contributed by atoms with Crippen molar-refractivity contribution >= 4 is 34.5 Å². The van der Waals surface area contributed by atoms with Crippen LogP contribution < -0.4 is 10.1 Å². The van der Waals surface area contributed by atoms with Gasteiger partial charge >= 0.3 is 0 Å². The molecule has 2 aromatic rings. The lowest BCUT2D eigenvalue weighted by Gasteiger charge is -2.19. The van der Waals surface area contributed by atoms with Crippen LogP contribution in [0.5, 0.6) is 5.75 Å². The van der Waals surface area contributed by atoms with E-state index in [-0.39, 0.29) is 5.91 Å². The Morgan fingerprint density at radius 1 is 1.38 bits per heavy atom. The molecule has 1 aliphatic rings. The molecule has 1 N–H and O–H groups in total. The van der Waals surface area contributed by atoms with Crippen LogP contribution in [-0.4, -0.2) is 13.0 Å². The van der Waals surface area contributed by atoms with E-state index in [0.717, 1.165) is 10.4 Å². The summed E-state index contributed by atoms with van der Waals surface area (Å²) in [4.78, 5) is 12.2. The Morgan fingerprint density at radius 3 is 2.90 bits per heavy atom. The lowest BCUT2D eigenvalue weighted by molar-refractivity contribution is -0.116. The Hall–Kier alpha value is -1.59. The summed E-state index contributed by atoms with van der Waals surface area (Å²) in [6.07, 6.45) is 1.02. The number of aryl methyl sites for hydroxylation is 1. The van der Waals surface area contributed by atoms with Gasteiger partial charge in [0.2, 0.25) is 5.91 Å². The predicted molar refractivity (Wildman–Crippen MR) is 81.9 cm³/mol.